The Labute approximate surface area is 165 Å². The number of fused-ring (bicyclic) bond motifs is 1. The highest BCUT2D eigenvalue weighted by Crippen LogP contribution is 2.18. The zero-order valence-electron chi connectivity index (χ0n) is 15.5. The van der Waals surface area contributed by atoms with E-state index in [1.807, 2.05) is 0 Å². The molecule has 6 N–H and O–H groups in total. The number of hydrogen-bond donors (Lipinski definition) is 5. The summed E-state index contributed by atoms with van der Waals surface area (Å²) in [6, 6.07) is 5.61. The van der Waals surface area contributed by atoms with Gasteiger partial charge in [-0.05, 0) is 30.7 Å². The third-order valence-electron chi connectivity index (χ3n) is 4.09. The van der Waals surface area contributed by atoms with Crippen molar-refractivity contribution < 1.29 is 19.8 Å². The van der Waals surface area contributed by atoms with Crippen molar-refractivity contribution in [3.8, 4) is 5.88 Å². The number of nitrogen functional groups attached to an aromatic ring is 1. The quantitative estimate of drug-likeness (QED) is 0.385. The number of aromatic nitrogens is 4. The van der Waals surface area contributed by atoms with Crippen molar-refractivity contribution in [2.24, 2.45) is 0 Å². The largest absolute Gasteiger partial charge is 0.492 e. The van der Waals surface area contributed by atoms with Gasteiger partial charge in [-0.25, -0.2) is 14.8 Å². The number of carboxylic acids is 1. The second-order valence-electron chi connectivity index (χ2n) is 6.14. The maximum Gasteiger partial charge on any atom is 0.326 e. The molecule has 2 aromatic heterocycles. The molecule has 0 aliphatic heterocycles. The smallest absolute Gasteiger partial charge is 0.326 e. The molecule has 11 nitrogen and oxygen atoms in total. The summed E-state index contributed by atoms with van der Waals surface area (Å²) >= 11 is 0. The molecule has 0 radical (unpaired) electrons. The number of nitrogens with two attached hydrogens (primary N) is 1. The van der Waals surface area contributed by atoms with Crippen molar-refractivity contribution in [2.75, 3.05) is 11.1 Å². The lowest BCUT2D eigenvalue weighted by atomic mass is 10.1. The van der Waals surface area contributed by atoms with Crippen molar-refractivity contribution in [2.45, 2.75) is 25.9 Å². The van der Waals surface area contributed by atoms with Crippen LogP contribution in [0.4, 0.5) is 11.6 Å². The molecule has 3 rings (SSSR count). The predicted molar refractivity (Wildman–Crippen MR) is 104 cm³/mol. The molecule has 0 aliphatic carbocycles. The molecule has 0 saturated heterocycles. The van der Waals surface area contributed by atoms with Gasteiger partial charge in [-0.15, -0.1) is 0 Å². The molecule has 150 valence electrons. The van der Waals surface area contributed by atoms with E-state index in [-0.39, 0.29) is 23.0 Å². The molecule has 1 amide bonds. The highest BCUT2D eigenvalue weighted by atomic mass is 16.4. The molecule has 11 heteroatoms. The maximum absolute atomic E-state index is 12.1. The fraction of sp³-hybridized carbons (Fsp3) is 0.222. The molecular formula is C18H19N7O4. The zero-order valence-corrected chi connectivity index (χ0v) is 15.5. The van der Waals surface area contributed by atoms with Gasteiger partial charge in [0.2, 0.25) is 11.8 Å². The normalized spacial score (nSPS) is 11.8. The van der Waals surface area contributed by atoms with Gasteiger partial charge in [0.1, 0.15) is 6.04 Å². The Balaban J connectivity index is 1.65. The van der Waals surface area contributed by atoms with Gasteiger partial charge >= 0.3 is 5.97 Å². The Kier molecular flexibility index (Phi) is 5.67. The minimum atomic E-state index is -1.07. The van der Waals surface area contributed by atoms with E-state index in [1.54, 1.807) is 31.2 Å². The zero-order chi connectivity index (χ0) is 21.0. The van der Waals surface area contributed by atoms with E-state index >= 15 is 0 Å². The Hall–Kier alpha value is -4.02. The van der Waals surface area contributed by atoms with E-state index in [2.05, 4.69) is 30.6 Å². The minimum Gasteiger partial charge on any atom is -0.492 e. The number of benzene rings is 1. The first-order valence-corrected chi connectivity index (χ1v) is 8.73. The third kappa shape index (κ3) is 4.64. The Morgan fingerprint density at radius 3 is 2.55 bits per heavy atom. The van der Waals surface area contributed by atoms with Crippen LogP contribution in [0.15, 0.2) is 30.5 Å². The highest BCUT2D eigenvalue weighted by molar-refractivity contribution is 5.96. The number of aromatic hydroxyl groups is 1. The summed E-state index contributed by atoms with van der Waals surface area (Å²) in [5.41, 5.74) is 7.40. The summed E-state index contributed by atoms with van der Waals surface area (Å²) < 4.78 is 0. The Morgan fingerprint density at radius 2 is 1.90 bits per heavy atom. The van der Waals surface area contributed by atoms with Gasteiger partial charge in [0.05, 0.1) is 18.4 Å². The highest BCUT2D eigenvalue weighted by Gasteiger charge is 2.18. The van der Waals surface area contributed by atoms with Gasteiger partial charge in [0.25, 0.3) is 5.91 Å². The second kappa shape index (κ2) is 8.33. The molecule has 0 fully saturated rings. The van der Waals surface area contributed by atoms with Crippen LogP contribution in [-0.2, 0) is 11.3 Å². The summed E-state index contributed by atoms with van der Waals surface area (Å²) in [6.07, 6.45) is 1.79. The molecule has 29 heavy (non-hydrogen) atoms. The first-order valence-electron chi connectivity index (χ1n) is 8.73. The lowest BCUT2D eigenvalue weighted by Crippen LogP contribution is -2.40. The third-order valence-corrected chi connectivity index (χ3v) is 4.09. The lowest BCUT2D eigenvalue weighted by Gasteiger charge is -2.12. The van der Waals surface area contributed by atoms with Gasteiger partial charge < -0.3 is 26.6 Å². The molecule has 1 aromatic carbocycles. The summed E-state index contributed by atoms with van der Waals surface area (Å²) in [5.74, 6) is -1.97. The molecule has 0 saturated carbocycles. The molecule has 0 spiro atoms. The number of nitrogens with one attached hydrogen (secondary N) is 2. The van der Waals surface area contributed by atoms with E-state index in [1.165, 1.54) is 6.20 Å². The summed E-state index contributed by atoms with van der Waals surface area (Å²) in [7, 11) is 0. The van der Waals surface area contributed by atoms with Crippen LogP contribution in [0.3, 0.4) is 0 Å². The van der Waals surface area contributed by atoms with Crippen molar-refractivity contribution in [1.29, 1.82) is 0 Å². The van der Waals surface area contributed by atoms with Crippen LogP contribution >= 0.6 is 0 Å². The molecule has 3 aromatic rings. The van der Waals surface area contributed by atoms with Crippen LogP contribution in [0.5, 0.6) is 5.88 Å². The van der Waals surface area contributed by atoms with Crippen LogP contribution in [0, 0.1) is 0 Å². The van der Waals surface area contributed by atoms with Gasteiger partial charge in [-0.2, -0.15) is 9.97 Å². The van der Waals surface area contributed by atoms with Crippen LogP contribution in [0.1, 0.15) is 29.4 Å². The standard InChI is InChI=1S/C18H19N7O4/c1-2-12(17(28)29)23-15(26)9-3-5-10(6-4-9)20-7-11-8-21-14-13(22-11)16(27)25-18(19)24-14/h3-6,8,12,20H,2,7H2,1H3,(H,23,26)(H,28,29)(H3,19,21,24,25,27)/t12-/m0/s1. The van der Waals surface area contributed by atoms with Crippen LogP contribution in [0.25, 0.3) is 11.2 Å². The van der Waals surface area contributed by atoms with Crippen LogP contribution < -0.4 is 16.4 Å². The average molecular weight is 397 g/mol. The Morgan fingerprint density at radius 1 is 1.17 bits per heavy atom. The number of amides is 1. The van der Waals surface area contributed by atoms with E-state index in [0.717, 1.165) is 0 Å². The van der Waals surface area contributed by atoms with E-state index < -0.39 is 17.9 Å². The number of carbonyl (C=O) groups is 2. The average Bonchev–Trinajstić information content (AvgIpc) is 2.70. The molecule has 1 atom stereocenters. The summed E-state index contributed by atoms with van der Waals surface area (Å²) in [5, 5.41) is 24.4. The number of anilines is 2. The SMILES string of the molecule is CC[C@H](NC(=O)c1ccc(NCc2cnc3nc(N)nc(O)c3n2)cc1)C(=O)O. The van der Waals surface area contributed by atoms with Crippen molar-refractivity contribution in [3.63, 3.8) is 0 Å². The molecule has 0 aliphatic rings. The monoisotopic (exact) mass is 397 g/mol. The summed E-state index contributed by atoms with van der Waals surface area (Å²) in [6.45, 7) is 1.98. The fourth-order valence-corrected chi connectivity index (χ4v) is 2.54. The van der Waals surface area contributed by atoms with Crippen molar-refractivity contribution in [1.82, 2.24) is 25.3 Å². The van der Waals surface area contributed by atoms with E-state index in [9.17, 15) is 14.7 Å². The first kappa shape index (κ1) is 19.7. The van der Waals surface area contributed by atoms with Crippen LogP contribution in [0.2, 0.25) is 0 Å². The number of hydrogen-bond acceptors (Lipinski definition) is 9. The molecule has 0 unspecified atom stereocenters. The van der Waals surface area contributed by atoms with Crippen molar-refractivity contribution in [3.05, 3.63) is 41.7 Å². The van der Waals surface area contributed by atoms with E-state index in [4.69, 9.17) is 10.8 Å². The lowest BCUT2D eigenvalue weighted by molar-refractivity contribution is -0.139. The number of aliphatic carboxylic acids is 1. The van der Waals surface area contributed by atoms with Gasteiger partial charge in [-0.1, -0.05) is 6.92 Å². The van der Waals surface area contributed by atoms with Gasteiger partial charge in [0.15, 0.2) is 11.2 Å². The molecule has 2 heterocycles. The molecule has 0 bridgehead atoms. The first-order chi connectivity index (χ1) is 13.9. The number of nitrogens with zero attached hydrogens (tertiary/aromatic N) is 4. The maximum atomic E-state index is 12.1. The molecular weight excluding hydrogens is 378 g/mol. The minimum absolute atomic E-state index is 0.0899. The van der Waals surface area contributed by atoms with Crippen molar-refractivity contribution >= 4 is 34.7 Å². The summed E-state index contributed by atoms with van der Waals surface area (Å²) in [4.78, 5) is 39.1. The second-order valence-corrected chi connectivity index (χ2v) is 6.14. The fourth-order valence-electron chi connectivity index (χ4n) is 2.54. The van der Waals surface area contributed by atoms with E-state index in [0.29, 0.717) is 29.9 Å². The number of rotatable bonds is 7. The van der Waals surface area contributed by atoms with Crippen LogP contribution in [-0.4, -0.2) is 48.1 Å². The number of carboxylic acid groups (broad SMARTS) is 1. The number of carbonyl (C=O) groups excluding carboxylic acids is 1. The van der Waals surface area contributed by atoms with Gasteiger partial charge in [-0.3, -0.25) is 4.79 Å². The predicted octanol–water partition coefficient (Wildman–Crippen LogP) is 0.913. The topological polar surface area (TPSA) is 176 Å². The Bertz CT molecular complexity index is 1060. The van der Waals surface area contributed by atoms with Gasteiger partial charge in [0, 0.05) is 11.3 Å².